The number of carbonyl (C=O) groups excluding carboxylic acids is 4. The zero-order chi connectivity index (χ0) is 32.0. The molecule has 5 aliphatic rings. The Hall–Kier alpha value is 0.463. The number of esters is 2. The molecule has 0 aromatic rings. The fourth-order valence-corrected chi connectivity index (χ4v) is 8.30. The Balaban J connectivity index is 0.00000276. The fraction of sp³-hybridized carbons (Fsp3) is 0.800. The maximum atomic E-state index is 14.3. The van der Waals surface area contributed by atoms with E-state index in [0.29, 0.717) is 12.8 Å². The Bertz CT molecular complexity index is 1270. The normalized spacial score (nSPS) is 41.2. The number of aliphatic hydroxyl groups is 5. The van der Waals surface area contributed by atoms with Gasteiger partial charge in [-0.25, -0.2) is 4.79 Å². The van der Waals surface area contributed by atoms with Crippen LogP contribution in [0.25, 0.3) is 0 Å². The van der Waals surface area contributed by atoms with Crippen molar-refractivity contribution in [3.8, 4) is 0 Å². The van der Waals surface area contributed by atoms with Crippen molar-refractivity contribution >= 4 is 23.6 Å². The summed E-state index contributed by atoms with van der Waals surface area (Å²) in [5.41, 5.74) is -7.07. The van der Waals surface area contributed by atoms with Gasteiger partial charge in [0.05, 0.1) is 30.3 Å². The number of carbonyl (C=O) groups is 4. The molecule has 0 spiro atoms. The quantitative estimate of drug-likeness (QED) is 0.141. The van der Waals surface area contributed by atoms with E-state index >= 15 is 0 Å². The van der Waals surface area contributed by atoms with E-state index in [1.54, 1.807) is 13.8 Å². The van der Waals surface area contributed by atoms with E-state index in [1.807, 2.05) is 0 Å². The molecule has 13 nitrogen and oxygen atoms in total. The van der Waals surface area contributed by atoms with Crippen LogP contribution in [0.1, 0.15) is 67.2 Å². The Labute approximate surface area is 333 Å². The molecule has 2 radical (unpaired) electrons. The summed E-state index contributed by atoms with van der Waals surface area (Å²) in [6.45, 7) is 8.16. The zero-order valence-corrected chi connectivity index (χ0v) is 36.0. The molecule has 0 aromatic carbocycles. The Morgan fingerprint density at radius 1 is 1.04 bits per heavy atom. The van der Waals surface area contributed by atoms with Crippen LogP contribution in [-0.4, -0.2) is 110 Å². The molecule has 1 saturated heterocycles. The van der Waals surface area contributed by atoms with Gasteiger partial charge in [0.15, 0.2) is 11.9 Å². The number of ketones is 1. The van der Waals surface area contributed by atoms with Crippen LogP contribution >= 0.6 is 0 Å². The first-order chi connectivity index (χ1) is 19.8. The van der Waals surface area contributed by atoms with Crippen LogP contribution in [0, 0.1) is 111 Å². The van der Waals surface area contributed by atoms with Gasteiger partial charge in [0.1, 0.15) is 29.5 Å². The molecule has 6 N–H and O–H groups in total. The van der Waals surface area contributed by atoms with Crippen molar-refractivity contribution in [3.05, 3.63) is 11.1 Å². The number of nitrogens with one attached hydrogen (secondary N) is 1. The molecule has 1 unspecified atom stereocenters. The Morgan fingerprint density at radius 3 is 2.13 bits per heavy atom. The SMILES string of the molecule is CC(=O)N[C@@H](C1CC1)[C@@H](O)C(=O)OC1C[C@@]2(O)[C@@H](OC(C)=O)[C@@H]3[C@]4(O)CO[C@@H]4C[C@H](O)[C@@]3(C)C(=O)[C@H](O)C(=C1C)C2(C)C.[Ac].[Ac]. The van der Waals surface area contributed by atoms with Gasteiger partial charge in [0.25, 0.3) is 0 Å². The molecule has 2 bridgehead atoms. The van der Waals surface area contributed by atoms with Crippen LogP contribution in [0.4, 0.5) is 0 Å². The molecular formula is C30H43Ac2NO12. The number of aliphatic hydroxyl groups excluding tert-OH is 3. The minimum Gasteiger partial charge on any atom is -0.459 e. The van der Waals surface area contributed by atoms with E-state index in [9.17, 15) is 44.7 Å². The van der Waals surface area contributed by atoms with Gasteiger partial charge in [0.2, 0.25) is 5.91 Å². The van der Waals surface area contributed by atoms with Gasteiger partial charge < -0.3 is 45.1 Å². The minimum atomic E-state index is -2.17. The number of fused-ring (bicyclic) bond motifs is 5. The predicted molar refractivity (Wildman–Crippen MR) is 146 cm³/mol. The number of amides is 1. The third-order valence-corrected chi connectivity index (χ3v) is 11.0. The molecule has 3 saturated carbocycles. The summed E-state index contributed by atoms with van der Waals surface area (Å²) in [5, 5.41) is 61.1. The summed E-state index contributed by atoms with van der Waals surface area (Å²) in [6, 6.07) is -0.887. The van der Waals surface area contributed by atoms with E-state index in [2.05, 4.69) is 5.32 Å². The fourth-order valence-electron chi connectivity index (χ4n) is 8.30. The van der Waals surface area contributed by atoms with Gasteiger partial charge in [0, 0.05) is 126 Å². The Morgan fingerprint density at radius 2 is 1.64 bits per heavy atom. The predicted octanol–water partition coefficient (Wildman–Crippen LogP) is -0.956. The molecule has 15 heteroatoms. The summed E-state index contributed by atoms with van der Waals surface area (Å²) in [4.78, 5) is 51.9. The second-order valence-corrected chi connectivity index (χ2v) is 13.9. The van der Waals surface area contributed by atoms with E-state index in [0.717, 1.165) is 6.92 Å². The summed E-state index contributed by atoms with van der Waals surface area (Å²) in [7, 11) is 0. The second-order valence-electron chi connectivity index (χ2n) is 13.9. The first-order valence-corrected chi connectivity index (χ1v) is 14.8. The van der Waals surface area contributed by atoms with Gasteiger partial charge in [-0.15, -0.1) is 0 Å². The maximum absolute atomic E-state index is 14.3. The van der Waals surface area contributed by atoms with Crippen molar-refractivity contribution in [2.45, 2.75) is 121 Å². The van der Waals surface area contributed by atoms with Gasteiger partial charge in [-0.2, -0.15) is 0 Å². The summed E-state index contributed by atoms with van der Waals surface area (Å²) in [5.74, 6) is -4.73. The molecule has 1 aliphatic heterocycles. The molecule has 0 aromatic heterocycles. The van der Waals surface area contributed by atoms with E-state index < -0.39 is 101 Å². The van der Waals surface area contributed by atoms with Crippen molar-refractivity contribution in [2.24, 2.45) is 22.7 Å². The molecule has 1 amide bonds. The molecule has 4 aliphatic carbocycles. The first kappa shape index (κ1) is 39.9. The number of Topliss-reactive ketones (excluding diaryl/α,β-unsaturated/α-hetero) is 1. The van der Waals surface area contributed by atoms with Gasteiger partial charge in [-0.1, -0.05) is 13.8 Å². The molecule has 246 valence electrons. The van der Waals surface area contributed by atoms with Crippen molar-refractivity contribution in [1.29, 1.82) is 0 Å². The van der Waals surface area contributed by atoms with Crippen molar-refractivity contribution in [1.82, 2.24) is 5.32 Å². The van der Waals surface area contributed by atoms with Crippen LogP contribution in [0.15, 0.2) is 11.1 Å². The Kier molecular flexibility index (Phi) is 12.1. The molecule has 11 atom stereocenters. The van der Waals surface area contributed by atoms with E-state index in [-0.39, 0.29) is 118 Å². The summed E-state index contributed by atoms with van der Waals surface area (Å²) in [6.07, 6.45) is -8.01. The smallest absolute Gasteiger partial charge is 0.337 e. The maximum Gasteiger partial charge on any atom is 0.337 e. The van der Waals surface area contributed by atoms with Gasteiger partial charge >= 0.3 is 11.9 Å². The summed E-state index contributed by atoms with van der Waals surface area (Å²) >= 11 is 0. The molecule has 45 heavy (non-hydrogen) atoms. The van der Waals surface area contributed by atoms with Crippen molar-refractivity contribution in [2.75, 3.05) is 6.61 Å². The van der Waals surface area contributed by atoms with E-state index in [4.69, 9.17) is 14.2 Å². The third-order valence-electron chi connectivity index (χ3n) is 11.0. The molecular weight excluding hydrogens is 1020 g/mol. The monoisotopic (exact) mass is 1060 g/mol. The topological polar surface area (TPSA) is 209 Å². The number of hydrogen-bond donors (Lipinski definition) is 6. The van der Waals surface area contributed by atoms with Gasteiger partial charge in [-0.3, -0.25) is 14.4 Å². The molecule has 4 fully saturated rings. The summed E-state index contributed by atoms with van der Waals surface area (Å²) < 4.78 is 17.1. The van der Waals surface area contributed by atoms with Crippen molar-refractivity contribution < 1.29 is 147 Å². The average Bonchev–Trinajstić information content (AvgIpc) is 3.75. The van der Waals surface area contributed by atoms with Crippen LogP contribution in [-0.2, 0) is 33.4 Å². The molecule has 5 rings (SSSR count). The van der Waals surface area contributed by atoms with Crippen LogP contribution in [0.3, 0.4) is 0 Å². The number of ether oxygens (including phenoxy) is 3. The van der Waals surface area contributed by atoms with Crippen molar-refractivity contribution in [3.63, 3.8) is 0 Å². The standard InChI is InChI=1S/C30H43NO12.2Ac/c1-12-16(43-26(38)22(36)20(15-7-8-15)31-13(2)32)10-30(40)25(42-14(3)33)23-28(6,17(34)9-18-29(23,39)11-41-18)24(37)21(35)19(12)27(30,4)5;;/h15-18,20-23,25,34-36,39-40H,7-11H2,1-6H3,(H,31,32);;/t16?,17-,18+,20-,21+,22+,23-,25-,28+,29-,30+;;/m0../s1. The first-order valence-electron chi connectivity index (χ1n) is 14.8. The van der Waals surface area contributed by atoms with Crippen LogP contribution in [0.2, 0.25) is 0 Å². The third kappa shape index (κ3) is 6.23. The van der Waals surface area contributed by atoms with Crippen LogP contribution in [0.5, 0.6) is 0 Å². The average molecular weight is 1060 g/mol. The second kappa shape index (κ2) is 13.6. The zero-order valence-electron chi connectivity index (χ0n) is 26.5. The van der Waals surface area contributed by atoms with E-state index in [1.165, 1.54) is 20.8 Å². The number of hydrogen-bond acceptors (Lipinski definition) is 12. The van der Waals surface area contributed by atoms with Crippen LogP contribution < -0.4 is 5.32 Å². The number of rotatable bonds is 6. The largest absolute Gasteiger partial charge is 0.459 e. The minimum absolute atomic E-state index is 0. The molecule has 1 heterocycles. The van der Waals surface area contributed by atoms with Gasteiger partial charge in [-0.05, 0) is 43.8 Å².